The summed E-state index contributed by atoms with van der Waals surface area (Å²) < 4.78 is 0. The van der Waals surface area contributed by atoms with Crippen LogP contribution in [-0.4, -0.2) is 46.1 Å². The summed E-state index contributed by atoms with van der Waals surface area (Å²) in [6.07, 6.45) is 42.0. The average Bonchev–Trinajstić information content (AvgIpc) is 3.07. The topological polar surface area (TPSA) is 89.8 Å². The summed E-state index contributed by atoms with van der Waals surface area (Å²) in [5.74, 6) is -0.140. The van der Waals surface area contributed by atoms with Crippen molar-refractivity contribution < 1.29 is 20.1 Å². The molecule has 0 unspecified atom stereocenters. The zero-order chi connectivity index (χ0) is 34.5. The largest absolute Gasteiger partial charge is 0.394 e. The number of rotatable bonds is 39. The number of carbonyl (C=O) groups excluding carboxylic acids is 1. The van der Waals surface area contributed by atoms with E-state index in [1.807, 2.05) is 0 Å². The number of aliphatic hydroxyl groups is 3. The van der Waals surface area contributed by atoms with Crippen LogP contribution >= 0.6 is 0 Å². The van der Waals surface area contributed by atoms with Crippen molar-refractivity contribution in [3.8, 4) is 0 Å². The van der Waals surface area contributed by atoms with Crippen molar-refractivity contribution in [1.29, 1.82) is 0 Å². The molecule has 47 heavy (non-hydrogen) atoms. The molecule has 0 aliphatic carbocycles. The zero-order valence-corrected chi connectivity index (χ0v) is 31.9. The van der Waals surface area contributed by atoms with E-state index in [9.17, 15) is 20.1 Å². The van der Waals surface area contributed by atoms with Gasteiger partial charge in [0, 0.05) is 6.42 Å². The lowest BCUT2D eigenvalue weighted by atomic mass is 9.99. The van der Waals surface area contributed by atoms with Gasteiger partial charge in [0.2, 0.25) is 5.91 Å². The SMILES string of the molecule is CCCCCCCCCCCCCCCCCCCCCC(=O)N[C@@H](CO)[C@H](O)[C@H](O)CCCCCCCCCCCCCCCC. The molecule has 0 fully saturated rings. The molecule has 0 saturated carbocycles. The highest BCUT2D eigenvalue weighted by atomic mass is 16.3. The maximum atomic E-state index is 12.4. The molecule has 282 valence electrons. The molecule has 5 nitrogen and oxygen atoms in total. The Morgan fingerprint density at radius 1 is 0.447 bits per heavy atom. The van der Waals surface area contributed by atoms with Crippen LogP contribution in [0.1, 0.15) is 239 Å². The van der Waals surface area contributed by atoms with E-state index in [0.29, 0.717) is 12.8 Å². The maximum Gasteiger partial charge on any atom is 0.220 e. The molecule has 4 N–H and O–H groups in total. The first-order valence-corrected chi connectivity index (χ1v) is 21.3. The van der Waals surface area contributed by atoms with E-state index in [0.717, 1.165) is 32.1 Å². The monoisotopic (exact) mass is 668 g/mol. The van der Waals surface area contributed by atoms with E-state index in [-0.39, 0.29) is 12.5 Å². The Balaban J connectivity index is 3.59. The van der Waals surface area contributed by atoms with Gasteiger partial charge in [-0.2, -0.15) is 0 Å². The van der Waals surface area contributed by atoms with Gasteiger partial charge < -0.3 is 20.6 Å². The summed E-state index contributed by atoms with van der Waals surface area (Å²) in [7, 11) is 0. The minimum Gasteiger partial charge on any atom is -0.394 e. The predicted octanol–water partition coefficient (Wildman–Crippen LogP) is 11.9. The van der Waals surface area contributed by atoms with Gasteiger partial charge in [-0.1, -0.05) is 219 Å². The summed E-state index contributed by atoms with van der Waals surface area (Å²) in [4.78, 5) is 12.4. The van der Waals surface area contributed by atoms with Gasteiger partial charge in [-0.05, 0) is 12.8 Å². The molecule has 0 aromatic rings. The van der Waals surface area contributed by atoms with Gasteiger partial charge in [-0.15, -0.1) is 0 Å². The number of hydrogen-bond donors (Lipinski definition) is 4. The molecule has 0 bridgehead atoms. The molecule has 3 atom stereocenters. The lowest BCUT2D eigenvalue weighted by molar-refractivity contribution is -0.124. The van der Waals surface area contributed by atoms with Crippen molar-refractivity contribution in [2.75, 3.05) is 6.61 Å². The number of amides is 1. The third kappa shape index (κ3) is 33.6. The van der Waals surface area contributed by atoms with E-state index in [1.165, 1.54) is 180 Å². The van der Waals surface area contributed by atoms with Gasteiger partial charge in [-0.3, -0.25) is 4.79 Å². The van der Waals surface area contributed by atoms with E-state index in [1.54, 1.807) is 0 Å². The maximum absolute atomic E-state index is 12.4. The number of nitrogens with one attached hydrogen (secondary N) is 1. The van der Waals surface area contributed by atoms with Gasteiger partial charge in [0.1, 0.15) is 6.10 Å². The predicted molar refractivity (Wildman–Crippen MR) is 204 cm³/mol. The molecule has 0 aromatic carbocycles. The standard InChI is InChI=1S/C42H85NO4/c1-3-5-7-9-11-13-15-17-19-20-21-22-23-25-27-29-31-33-35-37-41(46)43-39(38-44)42(47)40(45)36-34-32-30-28-26-24-18-16-14-12-10-8-6-4-2/h39-40,42,44-45,47H,3-38H2,1-2H3,(H,43,46)/t39-,40+,42-/m0/s1. The number of carbonyl (C=O) groups is 1. The Kier molecular flexibility index (Phi) is 37.6. The first-order valence-electron chi connectivity index (χ1n) is 21.3. The smallest absolute Gasteiger partial charge is 0.220 e. The summed E-state index contributed by atoms with van der Waals surface area (Å²) in [5, 5.41) is 33.5. The molecule has 0 aromatic heterocycles. The minimum atomic E-state index is -1.13. The fourth-order valence-corrected chi connectivity index (χ4v) is 6.87. The van der Waals surface area contributed by atoms with Crippen molar-refractivity contribution in [2.45, 2.75) is 257 Å². The fraction of sp³-hybridized carbons (Fsp3) is 0.976. The third-order valence-corrected chi connectivity index (χ3v) is 10.2. The molecule has 0 heterocycles. The number of aliphatic hydroxyl groups excluding tert-OH is 3. The lowest BCUT2D eigenvalue weighted by Gasteiger charge is -2.26. The van der Waals surface area contributed by atoms with Crippen molar-refractivity contribution >= 4 is 5.91 Å². The number of unbranched alkanes of at least 4 members (excludes halogenated alkanes) is 31. The minimum absolute atomic E-state index is 0.140. The number of hydrogen-bond acceptors (Lipinski definition) is 4. The van der Waals surface area contributed by atoms with Crippen LogP contribution in [0.3, 0.4) is 0 Å². The van der Waals surface area contributed by atoms with Crippen LogP contribution in [0.15, 0.2) is 0 Å². The Morgan fingerprint density at radius 3 is 1.02 bits per heavy atom. The Labute approximate surface area is 294 Å². The van der Waals surface area contributed by atoms with Gasteiger partial charge in [0.15, 0.2) is 0 Å². The molecule has 0 rings (SSSR count). The van der Waals surface area contributed by atoms with Crippen molar-refractivity contribution in [3.63, 3.8) is 0 Å². The summed E-state index contributed by atoms with van der Waals surface area (Å²) >= 11 is 0. The van der Waals surface area contributed by atoms with E-state index >= 15 is 0 Å². The second kappa shape index (κ2) is 38.2. The van der Waals surface area contributed by atoms with Crippen LogP contribution in [0.4, 0.5) is 0 Å². The van der Waals surface area contributed by atoms with Gasteiger partial charge in [0.05, 0.1) is 18.8 Å². The van der Waals surface area contributed by atoms with Crippen molar-refractivity contribution in [1.82, 2.24) is 5.32 Å². The van der Waals surface area contributed by atoms with Crippen molar-refractivity contribution in [2.24, 2.45) is 0 Å². The molecule has 0 saturated heterocycles. The molecule has 0 radical (unpaired) electrons. The van der Waals surface area contributed by atoms with Gasteiger partial charge in [-0.25, -0.2) is 0 Å². The molecular weight excluding hydrogens is 582 g/mol. The first-order chi connectivity index (χ1) is 23.1. The average molecular weight is 668 g/mol. The fourth-order valence-electron chi connectivity index (χ4n) is 6.87. The van der Waals surface area contributed by atoms with Gasteiger partial charge >= 0.3 is 0 Å². The van der Waals surface area contributed by atoms with Crippen LogP contribution in [0.25, 0.3) is 0 Å². The van der Waals surface area contributed by atoms with Crippen molar-refractivity contribution in [3.05, 3.63) is 0 Å². The Hall–Kier alpha value is -0.650. The van der Waals surface area contributed by atoms with Crippen LogP contribution in [0.2, 0.25) is 0 Å². The second-order valence-electron chi connectivity index (χ2n) is 14.9. The normalized spacial score (nSPS) is 13.6. The van der Waals surface area contributed by atoms with Crippen LogP contribution in [0.5, 0.6) is 0 Å². The molecular formula is C42H85NO4. The second-order valence-corrected chi connectivity index (χ2v) is 14.9. The molecule has 0 aliphatic heterocycles. The zero-order valence-electron chi connectivity index (χ0n) is 31.9. The molecule has 0 spiro atoms. The summed E-state index contributed by atoms with van der Waals surface area (Å²) in [6, 6.07) is -0.801. The van der Waals surface area contributed by atoms with E-state index < -0.39 is 18.2 Å². The lowest BCUT2D eigenvalue weighted by Crippen LogP contribution is -2.50. The van der Waals surface area contributed by atoms with E-state index in [4.69, 9.17) is 0 Å². The van der Waals surface area contributed by atoms with Crippen LogP contribution in [-0.2, 0) is 4.79 Å². The summed E-state index contributed by atoms with van der Waals surface area (Å²) in [5.41, 5.74) is 0. The highest BCUT2D eigenvalue weighted by Crippen LogP contribution is 2.17. The van der Waals surface area contributed by atoms with Gasteiger partial charge in [0.25, 0.3) is 0 Å². The Morgan fingerprint density at radius 2 is 0.723 bits per heavy atom. The molecule has 0 aliphatic rings. The third-order valence-electron chi connectivity index (χ3n) is 10.2. The van der Waals surface area contributed by atoms with E-state index in [2.05, 4.69) is 19.2 Å². The molecule has 5 heteroatoms. The quantitative estimate of drug-likeness (QED) is 0.0491. The van der Waals surface area contributed by atoms with Crippen LogP contribution in [0, 0.1) is 0 Å². The highest BCUT2D eigenvalue weighted by molar-refractivity contribution is 5.76. The summed E-state index contributed by atoms with van der Waals surface area (Å²) in [6.45, 7) is 4.19. The first kappa shape index (κ1) is 46.4. The van der Waals surface area contributed by atoms with Crippen LogP contribution < -0.4 is 5.32 Å². The Bertz CT molecular complexity index is 615. The molecule has 1 amide bonds. The highest BCUT2D eigenvalue weighted by Gasteiger charge is 2.26.